The van der Waals surface area contributed by atoms with Crippen LogP contribution >= 0.6 is 11.9 Å². The molecule has 0 aromatic heterocycles. The van der Waals surface area contributed by atoms with Crippen molar-refractivity contribution in [3.05, 3.63) is 54.1 Å². The van der Waals surface area contributed by atoms with Gasteiger partial charge in [0.15, 0.2) is 0 Å². The minimum absolute atomic E-state index is 0.146. The van der Waals surface area contributed by atoms with Crippen LogP contribution in [0.2, 0.25) is 0 Å². The topological polar surface area (TPSA) is 97.3 Å². The van der Waals surface area contributed by atoms with Gasteiger partial charge < -0.3 is 24.4 Å². The number of benzene rings is 2. The monoisotopic (exact) mass is 461 g/mol. The first-order chi connectivity index (χ1) is 15.6. The van der Waals surface area contributed by atoms with Crippen LogP contribution < -0.4 is 9.46 Å². The fourth-order valence-corrected chi connectivity index (χ4v) is 4.09. The number of hydrogen-bond acceptors (Lipinski definition) is 8. The number of aliphatic hydroxyl groups excluding tert-OH is 2. The maximum atomic E-state index is 12.5. The summed E-state index contributed by atoms with van der Waals surface area (Å²) in [6.45, 7) is 2.68. The first-order valence-corrected chi connectivity index (χ1v) is 11.8. The van der Waals surface area contributed by atoms with Crippen molar-refractivity contribution in [2.45, 2.75) is 62.4 Å². The molecule has 8 heteroatoms. The summed E-state index contributed by atoms with van der Waals surface area (Å²) < 4.78 is 20.0. The first-order valence-electron chi connectivity index (χ1n) is 11.0. The maximum Gasteiger partial charge on any atom is 0.338 e. The van der Waals surface area contributed by atoms with Crippen LogP contribution in [0.1, 0.15) is 49.4 Å². The molecule has 2 aromatic rings. The van der Waals surface area contributed by atoms with Crippen molar-refractivity contribution in [1.82, 2.24) is 4.72 Å². The third-order valence-electron chi connectivity index (χ3n) is 5.00. The predicted octanol–water partition coefficient (Wildman–Crippen LogP) is 4.28. The zero-order chi connectivity index (χ0) is 22.8. The summed E-state index contributed by atoms with van der Waals surface area (Å²) in [5.41, 5.74) is 0.422. The molecule has 1 aliphatic heterocycles. The van der Waals surface area contributed by atoms with Gasteiger partial charge in [-0.15, -0.1) is 0 Å². The van der Waals surface area contributed by atoms with E-state index >= 15 is 0 Å². The van der Waals surface area contributed by atoms with Crippen LogP contribution in [-0.4, -0.2) is 47.8 Å². The van der Waals surface area contributed by atoms with Crippen molar-refractivity contribution in [2.24, 2.45) is 0 Å². The Morgan fingerprint density at radius 3 is 2.72 bits per heavy atom. The zero-order valence-corrected chi connectivity index (χ0v) is 19.1. The molecule has 1 saturated heterocycles. The average Bonchev–Trinajstić information content (AvgIpc) is 2.79. The summed E-state index contributed by atoms with van der Waals surface area (Å²) in [4.78, 5) is 13.2. The third-order valence-corrected chi connectivity index (χ3v) is 5.89. The lowest BCUT2D eigenvalue weighted by atomic mass is 10.1. The quantitative estimate of drug-likeness (QED) is 0.259. The molecule has 0 bridgehead atoms. The number of aliphatic hydroxyl groups is 2. The minimum Gasteiger partial charge on any atom is -0.462 e. The Kier molecular flexibility index (Phi) is 9.83. The fourth-order valence-electron chi connectivity index (χ4n) is 3.22. The van der Waals surface area contributed by atoms with E-state index in [2.05, 4.69) is 11.6 Å². The number of unbranched alkanes of at least 4 members (excludes halogenated alkanes) is 3. The zero-order valence-electron chi connectivity index (χ0n) is 18.2. The standard InChI is InChI=1S/C24H31NO6S/c1-2-3-4-8-13-29-24(28)17-11-12-21(31-19-9-6-5-7-10-19)22(14-17)32-25-23-20(27)15-18(26)16-30-23/h5-7,9-12,14,18,20,23,25-27H,2-4,8,13,15-16H2,1H3. The van der Waals surface area contributed by atoms with Crippen LogP contribution in [0.4, 0.5) is 0 Å². The van der Waals surface area contributed by atoms with E-state index in [4.69, 9.17) is 14.2 Å². The average molecular weight is 462 g/mol. The molecule has 1 fully saturated rings. The van der Waals surface area contributed by atoms with Crippen molar-refractivity contribution < 1.29 is 29.2 Å². The smallest absolute Gasteiger partial charge is 0.338 e. The summed E-state index contributed by atoms with van der Waals surface area (Å²) in [5, 5.41) is 19.8. The SMILES string of the molecule is CCCCCCOC(=O)c1ccc(Oc2ccccc2)c(SNC2OCC(O)CC2O)c1. The Morgan fingerprint density at radius 2 is 1.97 bits per heavy atom. The Morgan fingerprint density at radius 1 is 1.16 bits per heavy atom. The number of hydrogen-bond donors (Lipinski definition) is 3. The number of carbonyl (C=O) groups excluding carboxylic acids is 1. The van der Waals surface area contributed by atoms with Gasteiger partial charge in [-0.05, 0) is 48.7 Å². The van der Waals surface area contributed by atoms with E-state index in [0.29, 0.717) is 28.6 Å². The summed E-state index contributed by atoms with van der Waals surface area (Å²) in [5.74, 6) is 0.836. The van der Waals surface area contributed by atoms with E-state index in [0.717, 1.165) is 25.7 Å². The molecule has 0 radical (unpaired) electrons. The second-order valence-corrected chi connectivity index (χ2v) is 8.58. The Balaban J connectivity index is 1.69. The van der Waals surface area contributed by atoms with Crippen LogP contribution in [0.25, 0.3) is 0 Å². The molecule has 32 heavy (non-hydrogen) atoms. The number of ether oxygens (including phenoxy) is 3. The van der Waals surface area contributed by atoms with Crippen LogP contribution in [0.15, 0.2) is 53.4 Å². The summed E-state index contributed by atoms with van der Waals surface area (Å²) >= 11 is 1.19. The van der Waals surface area contributed by atoms with Crippen LogP contribution in [-0.2, 0) is 9.47 Å². The highest BCUT2D eigenvalue weighted by molar-refractivity contribution is 7.97. The maximum absolute atomic E-state index is 12.5. The molecule has 3 unspecified atom stereocenters. The molecule has 0 amide bonds. The molecule has 2 aromatic carbocycles. The lowest BCUT2D eigenvalue weighted by molar-refractivity contribution is -0.125. The summed E-state index contributed by atoms with van der Waals surface area (Å²) in [7, 11) is 0. The second-order valence-electron chi connectivity index (χ2n) is 7.70. The van der Waals surface area contributed by atoms with Crippen LogP contribution in [0.5, 0.6) is 11.5 Å². The molecule has 3 atom stereocenters. The van der Waals surface area contributed by atoms with Crippen LogP contribution in [0, 0.1) is 0 Å². The normalized spacial score (nSPS) is 20.7. The number of nitrogens with one attached hydrogen (secondary N) is 1. The summed E-state index contributed by atoms with van der Waals surface area (Å²) in [6, 6.07) is 14.5. The highest BCUT2D eigenvalue weighted by atomic mass is 32.2. The molecule has 3 rings (SSSR count). The van der Waals surface area contributed by atoms with Crippen LogP contribution in [0.3, 0.4) is 0 Å². The lowest BCUT2D eigenvalue weighted by Gasteiger charge is -2.31. The van der Waals surface area contributed by atoms with E-state index in [1.54, 1.807) is 18.2 Å². The largest absolute Gasteiger partial charge is 0.462 e. The molecule has 7 nitrogen and oxygen atoms in total. The molecular weight excluding hydrogens is 430 g/mol. The van der Waals surface area contributed by atoms with Gasteiger partial charge in [-0.25, -0.2) is 9.52 Å². The van der Waals surface area contributed by atoms with E-state index in [9.17, 15) is 15.0 Å². The van der Waals surface area contributed by atoms with Gasteiger partial charge in [0.25, 0.3) is 0 Å². The van der Waals surface area contributed by atoms with Gasteiger partial charge in [0.2, 0.25) is 0 Å². The molecule has 0 saturated carbocycles. The molecule has 1 aliphatic rings. The molecule has 3 N–H and O–H groups in total. The molecule has 174 valence electrons. The van der Waals surface area contributed by atoms with Gasteiger partial charge in [0, 0.05) is 6.42 Å². The van der Waals surface area contributed by atoms with Crippen molar-refractivity contribution in [3.63, 3.8) is 0 Å². The fraction of sp³-hybridized carbons (Fsp3) is 0.458. The Bertz CT molecular complexity index is 850. The second kappa shape index (κ2) is 12.8. The lowest BCUT2D eigenvalue weighted by Crippen LogP contribution is -2.47. The van der Waals surface area contributed by atoms with E-state index in [1.807, 2.05) is 30.3 Å². The Labute approximate surface area is 193 Å². The van der Waals surface area contributed by atoms with E-state index in [1.165, 1.54) is 11.9 Å². The van der Waals surface area contributed by atoms with Gasteiger partial charge in [0.05, 0.1) is 35.9 Å². The third kappa shape index (κ3) is 7.50. The Hall–Kier alpha value is -2.10. The summed E-state index contributed by atoms with van der Waals surface area (Å²) in [6.07, 6.45) is 2.20. The minimum atomic E-state index is -0.846. The first kappa shape index (κ1) is 24.5. The molecular formula is C24H31NO6S. The van der Waals surface area contributed by atoms with Gasteiger partial charge in [-0.2, -0.15) is 0 Å². The van der Waals surface area contributed by atoms with E-state index in [-0.39, 0.29) is 19.0 Å². The van der Waals surface area contributed by atoms with Gasteiger partial charge in [-0.3, -0.25) is 0 Å². The van der Waals surface area contributed by atoms with E-state index < -0.39 is 18.4 Å². The molecule has 0 aliphatic carbocycles. The van der Waals surface area contributed by atoms with Crippen molar-refractivity contribution in [3.8, 4) is 11.5 Å². The number of carbonyl (C=O) groups is 1. The van der Waals surface area contributed by atoms with Gasteiger partial charge in [-0.1, -0.05) is 44.4 Å². The van der Waals surface area contributed by atoms with Gasteiger partial charge >= 0.3 is 5.97 Å². The predicted molar refractivity (Wildman–Crippen MR) is 123 cm³/mol. The number of para-hydroxylation sites is 1. The van der Waals surface area contributed by atoms with Crippen molar-refractivity contribution in [2.75, 3.05) is 13.2 Å². The highest BCUT2D eigenvalue weighted by Gasteiger charge is 2.29. The molecule has 0 spiro atoms. The van der Waals surface area contributed by atoms with Crippen molar-refractivity contribution in [1.29, 1.82) is 0 Å². The number of esters is 1. The van der Waals surface area contributed by atoms with Gasteiger partial charge in [0.1, 0.15) is 17.7 Å². The number of rotatable bonds is 11. The molecule has 1 heterocycles. The highest BCUT2D eigenvalue weighted by Crippen LogP contribution is 2.33. The van der Waals surface area contributed by atoms with Crippen molar-refractivity contribution >= 4 is 17.9 Å².